The van der Waals surface area contributed by atoms with E-state index in [1.165, 1.54) is 7.11 Å². The van der Waals surface area contributed by atoms with E-state index in [-0.39, 0.29) is 6.16 Å². The van der Waals surface area contributed by atoms with Gasteiger partial charge < -0.3 is 19.5 Å². The van der Waals surface area contributed by atoms with Crippen LogP contribution in [0, 0.1) is 0 Å². The third kappa shape index (κ3) is 4.15. The van der Waals surface area contributed by atoms with Crippen LogP contribution in [-0.4, -0.2) is 26.3 Å². The van der Waals surface area contributed by atoms with Crippen molar-refractivity contribution in [2.45, 2.75) is 20.0 Å². The number of benzene rings is 2. The summed E-state index contributed by atoms with van der Waals surface area (Å²) in [6.45, 7) is 4.13. The van der Waals surface area contributed by atoms with Crippen LogP contribution in [0.1, 0.15) is 29.8 Å². The predicted octanol–water partition coefficient (Wildman–Crippen LogP) is 3.97. The first-order chi connectivity index (χ1) is 11.4. The molecule has 6 nitrogen and oxygen atoms in total. The van der Waals surface area contributed by atoms with E-state index < -0.39 is 13.6 Å². The van der Waals surface area contributed by atoms with Gasteiger partial charge in [0.25, 0.3) is 0 Å². The number of ether oxygens (including phenoxy) is 1. The number of methoxy groups -OCH3 is 1. The summed E-state index contributed by atoms with van der Waals surface area (Å²) in [4.78, 5) is 11.7. The molecule has 0 atom stereocenters. The number of carbonyl (C=O) groups is 1. The fourth-order valence-corrected chi connectivity index (χ4v) is 4.22. The summed E-state index contributed by atoms with van der Waals surface area (Å²) < 4.78 is 28.1. The highest BCUT2D eigenvalue weighted by molar-refractivity contribution is 7.53. The largest absolute Gasteiger partial charge is 0.465 e. The van der Waals surface area contributed by atoms with Gasteiger partial charge in [-0.1, -0.05) is 12.1 Å². The average molecular weight is 351 g/mol. The molecule has 0 aliphatic heterocycles. The van der Waals surface area contributed by atoms with E-state index in [1.54, 1.807) is 38.1 Å². The molecule has 0 unspecified atom stereocenters. The van der Waals surface area contributed by atoms with Crippen molar-refractivity contribution in [2.75, 3.05) is 26.1 Å². The Labute approximate surface area is 141 Å². The van der Waals surface area contributed by atoms with E-state index in [1.807, 2.05) is 6.07 Å². The lowest BCUT2D eigenvalue weighted by Crippen LogP contribution is -2.02. The van der Waals surface area contributed by atoms with Crippen molar-refractivity contribution in [3.63, 3.8) is 0 Å². The molecule has 0 aliphatic carbocycles. The Balaban J connectivity index is 2.44. The molecule has 2 aromatic rings. The lowest BCUT2D eigenvalue weighted by molar-refractivity contribution is 0.0601. The summed E-state index contributed by atoms with van der Waals surface area (Å²) in [5.74, 6) is -0.421. The minimum atomic E-state index is -3.22. The lowest BCUT2D eigenvalue weighted by Gasteiger charge is -2.17. The number of hydrogen-bond acceptors (Lipinski definition) is 6. The Morgan fingerprint density at radius 3 is 2.38 bits per heavy atom. The molecule has 0 bridgehead atoms. The van der Waals surface area contributed by atoms with Gasteiger partial charge in [0.15, 0.2) is 0 Å². The van der Waals surface area contributed by atoms with Crippen LogP contribution in [0.4, 0.5) is 5.69 Å². The molecule has 2 rings (SSSR count). The first-order valence-electron chi connectivity index (χ1n) is 7.71. The van der Waals surface area contributed by atoms with Crippen LogP contribution >= 0.6 is 7.60 Å². The fraction of sp³-hybridized carbons (Fsp3) is 0.353. The van der Waals surface area contributed by atoms with Crippen molar-refractivity contribution in [2.24, 2.45) is 0 Å². The molecule has 24 heavy (non-hydrogen) atoms. The van der Waals surface area contributed by atoms with Crippen molar-refractivity contribution in [3.8, 4) is 0 Å². The highest BCUT2D eigenvalue weighted by atomic mass is 31.2. The van der Waals surface area contributed by atoms with Gasteiger partial charge in [-0.25, -0.2) is 4.79 Å². The first-order valence-corrected chi connectivity index (χ1v) is 9.43. The summed E-state index contributed by atoms with van der Waals surface area (Å²) in [6.07, 6.45) is 0.122. The topological polar surface area (TPSA) is 87.9 Å². The highest BCUT2D eigenvalue weighted by Gasteiger charge is 2.24. The molecular formula is C17H22NO5P. The molecule has 0 saturated carbocycles. The minimum Gasteiger partial charge on any atom is -0.465 e. The number of nitrogens with two attached hydrogens (primary N) is 1. The summed E-state index contributed by atoms with van der Waals surface area (Å²) in [5.41, 5.74) is 7.79. The first kappa shape index (κ1) is 18.5. The molecule has 0 heterocycles. The normalized spacial score (nSPS) is 11.6. The third-order valence-corrected chi connectivity index (χ3v) is 5.55. The molecule has 0 aliphatic rings. The van der Waals surface area contributed by atoms with Gasteiger partial charge in [-0.05, 0) is 43.0 Å². The van der Waals surface area contributed by atoms with Gasteiger partial charge in [-0.15, -0.1) is 0 Å². The Morgan fingerprint density at radius 2 is 1.79 bits per heavy atom. The number of rotatable bonds is 7. The van der Waals surface area contributed by atoms with Gasteiger partial charge in [-0.2, -0.15) is 0 Å². The number of fused-ring (bicyclic) bond motifs is 1. The average Bonchev–Trinajstić information content (AvgIpc) is 2.53. The van der Waals surface area contributed by atoms with Crippen molar-refractivity contribution in [3.05, 3.63) is 41.5 Å². The molecule has 130 valence electrons. The van der Waals surface area contributed by atoms with E-state index in [4.69, 9.17) is 19.5 Å². The maximum absolute atomic E-state index is 12.7. The quantitative estimate of drug-likeness (QED) is 0.461. The van der Waals surface area contributed by atoms with Gasteiger partial charge in [0.05, 0.1) is 32.0 Å². The molecule has 0 aromatic heterocycles. The molecule has 7 heteroatoms. The Bertz CT molecular complexity index is 780. The number of carbonyl (C=O) groups excluding carboxylic acids is 1. The lowest BCUT2D eigenvalue weighted by atomic mass is 10.0. The standard InChI is InChI=1S/C17H22NO5P/c1-4-22-24(20,23-5-2)11-12-8-14-10-13(17(19)21-3)6-7-15(14)16(18)9-12/h6-10H,4-5,11,18H2,1-3H3. The van der Waals surface area contributed by atoms with E-state index in [0.717, 1.165) is 16.3 Å². The number of nitrogen functional groups attached to an aromatic ring is 1. The molecular weight excluding hydrogens is 329 g/mol. The van der Waals surface area contributed by atoms with Gasteiger partial charge >= 0.3 is 13.6 Å². The van der Waals surface area contributed by atoms with E-state index in [2.05, 4.69) is 0 Å². The molecule has 0 radical (unpaired) electrons. The zero-order chi connectivity index (χ0) is 17.7. The number of anilines is 1. The predicted molar refractivity (Wildman–Crippen MR) is 94.3 cm³/mol. The zero-order valence-electron chi connectivity index (χ0n) is 14.1. The molecule has 2 N–H and O–H groups in total. The van der Waals surface area contributed by atoms with E-state index in [9.17, 15) is 9.36 Å². The van der Waals surface area contributed by atoms with Crippen molar-refractivity contribution < 1.29 is 23.1 Å². The van der Waals surface area contributed by atoms with Crippen molar-refractivity contribution >= 4 is 30.0 Å². The van der Waals surface area contributed by atoms with Gasteiger partial charge in [0, 0.05) is 11.1 Å². The van der Waals surface area contributed by atoms with Crippen LogP contribution in [0.2, 0.25) is 0 Å². The maximum atomic E-state index is 12.7. The van der Waals surface area contributed by atoms with Crippen LogP contribution in [-0.2, 0) is 24.5 Å². The summed E-state index contributed by atoms with van der Waals surface area (Å²) in [6, 6.07) is 8.72. The van der Waals surface area contributed by atoms with Crippen LogP contribution < -0.4 is 5.73 Å². The van der Waals surface area contributed by atoms with E-state index in [0.29, 0.717) is 24.5 Å². The molecule has 0 amide bonds. The second kappa shape index (κ2) is 7.79. The summed E-state index contributed by atoms with van der Waals surface area (Å²) >= 11 is 0. The van der Waals surface area contributed by atoms with Gasteiger partial charge in [0.2, 0.25) is 0 Å². The summed E-state index contributed by atoms with van der Waals surface area (Å²) in [7, 11) is -1.89. The van der Waals surface area contributed by atoms with Gasteiger partial charge in [0.1, 0.15) is 0 Å². The van der Waals surface area contributed by atoms with Crippen LogP contribution in [0.25, 0.3) is 10.8 Å². The van der Waals surface area contributed by atoms with Crippen LogP contribution in [0.5, 0.6) is 0 Å². The highest BCUT2D eigenvalue weighted by Crippen LogP contribution is 2.51. The monoisotopic (exact) mass is 351 g/mol. The van der Waals surface area contributed by atoms with Crippen molar-refractivity contribution in [1.82, 2.24) is 0 Å². The number of esters is 1. The van der Waals surface area contributed by atoms with Crippen LogP contribution in [0.15, 0.2) is 30.3 Å². The maximum Gasteiger partial charge on any atom is 0.337 e. The SMILES string of the molecule is CCOP(=O)(Cc1cc(N)c2ccc(C(=O)OC)cc2c1)OCC. The van der Waals surface area contributed by atoms with Crippen LogP contribution in [0.3, 0.4) is 0 Å². The molecule has 0 saturated heterocycles. The smallest absolute Gasteiger partial charge is 0.337 e. The Kier molecular flexibility index (Phi) is 5.99. The zero-order valence-corrected chi connectivity index (χ0v) is 15.0. The Hall–Kier alpha value is -1.88. The minimum absolute atomic E-state index is 0.122. The fourth-order valence-electron chi connectivity index (χ4n) is 2.55. The van der Waals surface area contributed by atoms with Gasteiger partial charge in [-0.3, -0.25) is 4.57 Å². The Morgan fingerprint density at radius 1 is 1.12 bits per heavy atom. The number of hydrogen-bond donors (Lipinski definition) is 1. The molecule has 0 spiro atoms. The van der Waals surface area contributed by atoms with Crippen molar-refractivity contribution in [1.29, 1.82) is 0 Å². The third-order valence-electron chi connectivity index (χ3n) is 3.49. The second-order valence-electron chi connectivity index (χ2n) is 5.22. The van der Waals surface area contributed by atoms with E-state index >= 15 is 0 Å². The second-order valence-corrected chi connectivity index (χ2v) is 7.27. The molecule has 0 fully saturated rings. The molecule has 2 aromatic carbocycles. The summed E-state index contributed by atoms with van der Waals surface area (Å²) in [5, 5.41) is 1.58.